The van der Waals surface area contributed by atoms with Gasteiger partial charge in [-0.3, -0.25) is 9.55 Å². The Balaban J connectivity index is 1.21. The van der Waals surface area contributed by atoms with Gasteiger partial charge in [0.1, 0.15) is 17.3 Å². The van der Waals surface area contributed by atoms with Crippen LogP contribution in [0.1, 0.15) is 0 Å². The van der Waals surface area contributed by atoms with Crippen LogP contribution in [0.3, 0.4) is 0 Å². The molecule has 0 saturated carbocycles. The van der Waals surface area contributed by atoms with Crippen LogP contribution in [0, 0.1) is 0 Å². The van der Waals surface area contributed by atoms with Crippen LogP contribution in [0.2, 0.25) is 0 Å². The van der Waals surface area contributed by atoms with Crippen molar-refractivity contribution in [3.8, 4) is 28.6 Å². The predicted octanol–water partition coefficient (Wildman–Crippen LogP) is 10.2. The molecule has 0 bridgehead atoms. The van der Waals surface area contributed by atoms with Gasteiger partial charge in [0.15, 0.2) is 8.07 Å². The number of nitrogens with zero attached hydrogens (tertiary/aromatic N) is 4. The van der Waals surface area contributed by atoms with Crippen molar-refractivity contribution in [2.24, 2.45) is 0 Å². The number of ether oxygens (including phenoxy) is 1. The van der Waals surface area contributed by atoms with E-state index in [1.807, 2.05) is 54.9 Å². The molecule has 1 aliphatic heterocycles. The lowest BCUT2D eigenvalue weighted by Crippen LogP contribution is -2.77. The highest BCUT2D eigenvalue weighted by Crippen LogP contribution is 2.43. The molecule has 274 valence electrons. The zero-order valence-electron chi connectivity index (χ0n) is 31.5. The van der Waals surface area contributed by atoms with Crippen LogP contribution < -0.4 is 30.4 Å². The van der Waals surface area contributed by atoms with Crippen molar-refractivity contribution in [1.29, 1.82) is 0 Å². The van der Waals surface area contributed by atoms with Crippen molar-refractivity contribution >= 4 is 67.7 Å². The van der Waals surface area contributed by atoms with Crippen LogP contribution in [-0.4, -0.2) is 22.6 Å². The topological polar surface area (TPSA) is 43.2 Å². The van der Waals surface area contributed by atoms with Gasteiger partial charge >= 0.3 is 0 Å². The molecule has 0 N–H and O–H groups in total. The standard InChI is InChI=1S/C52H36N4OSi/c1-4-18-38(19-5-1)55-46-26-10-11-27-50(46)58(41-21-6-2-7-22-41,42-23-8-3-9-24-42)51-36-48-44(35-49(51)55)43-30-29-40(34-47(43)56(48)52-28-13-15-32-54-52)57-39-20-16-17-37(33-39)45-25-12-14-31-53-45/h1-36H. The van der Waals surface area contributed by atoms with Gasteiger partial charge in [0, 0.05) is 51.9 Å². The van der Waals surface area contributed by atoms with Gasteiger partial charge in [-0.2, -0.15) is 0 Å². The Labute approximate surface area is 337 Å². The van der Waals surface area contributed by atoms with Gasteiger partial charge in [-0.25, -0.2) is 4.98 Å². The van der Waals surface area contributed by atoms with Crippen LogP contribution in [0.4, 0.5) is 17.1 Å². The molecule has 6 heteroatoms. The molecule has 58 heavy (non-hydrogen) atoms. The van der Waals surface area contributed by atoms with Crippen LogP contribution in [0.5, 0.6) is 11.5 Å². The van der Waals surface area contributed by atoms with Crippen LogP contribution in [0.15, 0.2) is 219 Å². The number of pyridine rings is 2. The minimum Gasteiger partial charge on any atom is -0.457 e. The molecule has 10 aromatic rings. The Morgan fingerprint density at radius 1 is 0.431 bits per heavy atom. The molecular weight excluding hydrogens is 725 g/mol. The quantitative estimate of drug-likeness (QED) is 0.152. The Bertz CT molecular complexity index is 3040. The fourth-order valence-electron chi connectivity index (χ4n) is 8.98. The maximum atomic E-state index is 6.64. The summed E-state index contributed by atoms with van der Waals surface area (Å²) in [6.07, 6.45) is 3.68. The smallest absolute Gasteiger partial charge is 0.184 e. The highest BCUT2D eigenvalue weighted by Gasteiger charge is 2.49. The summed E-state index contributed by atoms with van der Waals surface area (Å²) < 4.78 is 8.95. The van der Waals surface area contributed by atoms with Gasteiger partial charge in [0.2, 0.25) is 0 Å². The monoisotopic (exact) mass is 760 g/mol. The van der Waals surface area contributed by atoms with E-state index in [1.165, 1.54) is 32.1 Å². The molecule has 0 unspecified atom stereocenters. The normalized spacial score (nSPS) is 12.9. The highest BCUT2D eigenvalue weighted by molar-refractivity contribution is 7.21. The van der Waals surface area contributed by atoms with Crippen molar-refractivity contribution in [3.63, 3.8) is 0 Å². The van der Waals surface area contributed by atoms with Gasteiger partial charge < -0.3 is 9.64 Å². The lowest BCUT2D eigenvalue weighted by atomic mass is 10.1. The summed E-state index contributed by atoms with van der Waals surface area (Å²) in [7, 11) is -2.94. The van der Waals surface area contributed by atoms with Crippen LogP contribution in [-0.2, 0) is 0 Å². The summed E-state index contributed by atoms with van der Waals surface area (Å²) in [6, 6.07) is 73.7. The molecule has 7 aromatic carbocycles. The Morgan fingerprint density at radius 2 is 1.09 bits per heavy atom. The first-order valence-electron chi connectivity index (χ1n) is 19.6. The third-order valence-electron chi connectivity index (χ3n) is 11.4. The number of rotatable bonds is 7. The van der Waals surface area contributed by atoms with Crippen LogP contribution >= 0.6 is 0 Å². The Morgan fingerprint density at radius 3 is 1.81 bits per heavy atom. The summed E-state index contributed by atoms with van der Waals surface area (Å²) >= 11 is 0. The molecule has 0 atom stereocenters. The molecule has 0 radical (unpaired) electrons. The van der Waals surface area contributed by atoms with Gasteiger partial charge in [0.05, 0.1) is 16.7 Å². The average Bonchev–Trinajstić information content (AvgIpc) is 3.61. The summed E-state index contributed by atoms with van der Waals surface area (Å²) in [4.78, 5) is 12.0. The summed E-state index contributed by atoms with van der Waals surface area (Å²) in [5, 5.41) is 7.62. The second-order valence-electron chi connectivity index (χ2n) is 14.6. The van der Waals surface area contributed by atoms with E-state index in [1.54, 1.807) is 0 Å². The van der Waals surface area contributed by atoms with Crippen LogP contribution in [0.25, 0.3) is 38.9 Å². The maximum absolute atomic E-state index is 6.64. The van der Waals surface area contributed by atoms with E-state index < -0.39 is 8.07 Å². The second-order valence-corrected chi connectivity index (χ2v) is 18.3. The van der Waals surface area contributed by atoms with E-state index in [-0.39, 0.29) is 0 Å². The third-order valence-corrected chi connectivity index (χ3v) is 16.2. The zero-order chi connectivity index (χ0) is 38.5. The summed E-state index contributed by atoms with van der Waals surface area (Å²) in [5.74, 6) is 2.34. The molecule has 5 nitrogen and oxygen atoms in total. The Hall–Kier alpha value is -7.54. The van der Waals surface area contributed by atoms with Gasteiger partial charge in [-0.15, -0.1) is 0 Å². The minimum absolute atomic E-state index is 0.742. The molecular formula is C52H36N4OSi. The Kier molecular flexibility index (Phi) is 8.08. The molecule has 3 aromatic heterocycles. The first-order chi connectivity index (χ1) is 28.8. The zero-order valence-corrected chi connectivity index (χ0v) is 32.5. The fourth-order valence-corrected chi connectivity index (χ4v) is 14.1. The molecule has 11 rings (SSSR count). The van der Waals surface area contributed by atoms with E-state index in [0.717, 1.165) is 56.1 Å². The number of aromatic nitrogens is 3. The highest BCUT2D eigenvalue weighted by atomic mass is 28.3. The maximum Gasteiger partial charge on any atom is 0.184 e. The van der Waals surface area contributed by atoms with Crippen molar-refractivity contribution in [2.45, 2.75) is 0 Å². The predicted molar refractivity (Wildman–Crippen MR) is 240 cm³/mol. The van der Waals surface area contributed by atoms with Gasteiger partial charge in [-0.05, 0) is 99.6 Å². The number of hydrogen-bond acceptors (Lipinski definition) is 4. The van der Waals surface area contributed by atoms with Crippen molar-refractivity contribution in [1.82, 2.24) is 14.5 Å². The molecule has 0 fully saturated rings. The molecule has 0 saturated heterocycles. The third kappa shape index (κ3) is 5.38. The van der Waals surface area contributed by atoms with Crippen molar-refractivity contribution < 1.29 is 4.74 Å². The minimum atomic E-state index is -2.94. The van der Waals surface area contributed by atoms with Crippen molar-refractivity contribution in [3.05, 3.63) is 219 Å². The van der Waals surface area contributed by atoms with E-state index >= 15 is 0 Å². The summed E-state index contributed by atoms with van der Waals surface area (Å²) in [6.45, 7) is 0. The number of benzene rings is 7. The fraction of sp³-hybridized carbons (Fsp3) is 0. The molecule has 0 aliphatic carbocycles. The lowest BCUT2D eigenvalue weighted by molar-refractivity contribution is 0.483. The van der Waals surface area contributed by atoms with Gasteiger partial charge in [0.25, 0.3) is 0 Å². The lowest BCUT2D eigenvalue weighted by Gasteiger charge is -2.45. The largest absolute Gasteiger partial charge is 0.457 e. The molecule has 1 aliphatic rings. The van der Waals surface area contributed by atoms with E-state index in [2.05, 4.69) is 178 Å². The first kappa shape index (κ1) is 33.8. The number of anilines is 3. The second kappa shape index (κ2) is 13.9. The number of para-hydroxylation sites is 2. The van der Waals surface area contributed by atoms with E-state index in [4.69, 9.17) is 9.72 Å². The summed E-state index contributed by atoms with van der Waals surface area (Å²) in [5.41, 5.74) is 7.53. The first-order valence-corrected chi connectivity index (χ1v) is 21.6. The van der Waals surface area contributed by atoms with Crippen molar-refractivity contribution in [2.75, 3.05) is 4.90 Å². The number of fused-ring (bicyclic) bond motifs is 5. The van der Waals surface area contributed by atoms with E-state index in [9.17, 15) is 0 Å². The number of hydrogen-bond donors (Lipinski definition) is 0. The van der Waals surface area contributed by atoms with E-state index in [0.29, 0.717) is 0 Å². The average molecular weight is 761 g/mol. The molecule has 0 spiro atoms. The molecule has 0 amide bonds. The molecule has 4 heterocycles. The van der Waals surface area contributed by atoms with Gasteiger partial charge in [-0.1, -0.05) is 121 Å². The SMILES string of the molecule is c1ccc(N2c3ccccc3[Si](c3ccccc3)(c3ccccc3)c3cc4c(cc32)c2ccc(Oc3cccc(-c5ccccn5)c3)cc2n4-c2ccccn2)cc1.